The normalized spacial score (nSPS) is 18.2. The zero-order valence-corrected chi connectivity index (χ0v) is 14.1. The van der Waals surface area contributed by atoms with E-state index in [-0.39, 0.29) is 18.8 Å². The van der Waals surface area contributed by atoms with Gasteiger partial charge in [-0.2, -0.15) is 13.2 Å². The van der Waals surface area contributed by atoms with Crippen LogP contribution in [0.15, 0.2) is 23.2 Å². The van der Waals surface area contributed by atoms with E-state index in [0.717, 1.165) is 29.9 Å². The second-order valence-electron chi connectivity index (χ2n) is 6.34. The van der Waals surface area contributed by atoms with Gasteiger partial charge in [0.15, 0.2) is 17.5 Å². The number of benzene rings is 1. The Morgan fingerprint density at radius 1 is 1.20 bits per heavy atom. The van der Waals surface area contributed by atoms with Crippen LogP contribution in [0.1, 0.15) is 31.7 Å². The van der Waals surface area contributed by atoms with Gasteiger partial charge in [-0.25, -0.2) is 0 Å². The number of alkyl halides is 3. The number of aliphatic imine (C=N–C) groups is 1. The van der Waals surface area contributed by atoms with Crippen molar-refractivity contribution in [1.82, 2.24) is 10.6 Å². The van der Waals surface area contributed by atoms with Gasteiger partial charge in [0.25, 0.3) is 0 Å². The molecule has 1 fully saturated rings. The van der Waals surface area contributed by atoms with Crippen molar-refractivity contribution in [3.8, 4) is 11.5 Å². The van der Waals surface area contributed by atoms with E-state index in [0.29, 0.717) is 19.0 Å². The maximum atomic E-state index is 12.3. The minimum absolute atomic E-state index is 0.0621. The molecule has 0 spiro atoms. The molecule has 3 rings (SSSR count). The predicted molar refractivity (Wildman–Crippen MR) is 88.1 cm³/mol. The summed E-state index contributed by atoms with van der Waals surface area (Å²) in [4.78, 5) is 4.49. The number of nitrogens with zero attached hydrogens (tertiary/aromatic N) is 1. The molecule has 5 nitrogen and oxygen atoms in total. The Bertz CT molecular complexity index is 643. The molecule has 1 aromatic rings. The van der Waals surface area contributed by atoms with E-state index in [1.54, 1.807) is 0 Å². The lowest BCUT2D eigenvalue weighted by atomic mass is 9.96. The molecule has 0 amide bonds. The van der Waals surface area contributed by atoms with Gasteiger partial charge in [-0.1, -0.05) is 6.07 Å². The van der Waals surface area contributed by atoms with Gasteiger partial charge in [0, 0.05) is 18.5 Å². The summed E-state index contributed by atoms with van der Waals surface area (Å²) in [5.41, 5.74) is 1.07. The second kappa shape index (κ2) is 7.01. The van der Waals surface area contributed by atoms with Gasteiger partial charge in [-0.05, 0) is 37.5 Å². The van der Waals surface area contributed by atoms with Crippen LogP contribution in [0, 0.1) is 0 Å². The average molecular weight is 357 g/mol. The molecular formula is C17H22F3N3O2. The summed E-state index contributed by atoms with van der Waals surface area (Å²) in [5, 5.41) is 5.73. The number of fused-ring (bicyclic) bond motifs is 1. The smallest absolute Gasteiger partial charge is 0.390 e. The fraction of sp³-hybridized carbons (Fsp3) is 0.588. The Morgan fingerprint density at radius 3 is 2.64 bits per heavy atom. The lowest BCUT2D eigenvalue weighted by Gasteiger charge is -2.16. The Kier molecular flexibility index (Phi) is 4.96. The molecule has 1 heterocycles. The first-order valence-electron chi connectivity index (χ1n) is 8.41. The van der Waals surface area contributed by atoms with Gasteiger partial charge in [0.2, 0.25) is 6.79 Å². The van der Waals surface area contributed by atoms with E-state index >= 15 is 0 Å². The van der Waals surface area contributed by atoms with Crippen molar-refractivity contribution >= 4 is 5.96 Å². The van der Waals surface area contributed by atoms with Gasteiger partial charge in [0.1, 0.15) is 0 Å². The standard InChI is InChI=1S/C17H22F3N3O2/c1-2-21-15(22-8-7-17(18,19)20)23-10-16(5-6-16)12-3-4-13-14(9-12)25-11-24-13/h3-4,9H,2,5-8,10-11H2,1H3,(H2,21,22,23). The third kappa shape index (κ3) is 4.49. The first kappa shape index (κ1) is 17.7. The zero-order chi connectivity index (χ0) is 17.9. The Labute approximate surface area is 144 Å². The molecule has 2 aliphatic rings. The predicted octanol–water partition coefficient (Wildman–Crippen LogP) is 2.95. The molecule has 1 aromatic carbocycles. The first-order chi connectivity index (χ1) is 11.9. The minimum Gasteiger partial charge on any atom is -0.454 e. The summed E-state index contributed by atoms with van der Waals surface area (Å²) < 4.78 is 47.6. The van der Waals surface area contributed by atoms with Crippen molar-refractivity contribution in [3.63, 3.8) is 0 Å². The molecule has 25 heavy (non-hydrogen) atoms. The number of ether oxygens (including phenoxy) is 2. The van der Waals surface area contributed by atoms with Gasteiger partial charge >= 0.3 is 6.18 Å². The highest BCUT2D eigenvalue weighted by Gasteiger charge is 2.44. The summed E-state index contributed by atoms with van der Waals surface area (Å²) in [6.45, 7) is 3.04. The van der Waals surface area contributed by atoms with Crippen molar-refractivity contribution < 1.29 is 22.6 Å². The van der Waals surface area contributed by atoms with E-state index in [4.69, 9.17) is 9.47 Å². The average Bonchev–Trinajstić information content (AvgIpc) is 3.20. The lowest BCUT2D eigenvalue weighted by Crippen LogP contribution is -2.39. The van der Waals surface area contributed by atoms with Crippen LogP contribution in [0.25, 0.3) is 0 Å². The maximum absolute atomic E-state index is 12.3. The molecule has 138 valence electrons. The molecule has 0 saturated heterocycles. The maximum Gasteiger partial charge on any atom is 0.390 e. The number of hydrogen-bond donors (Lipinski definition) is 2. The highest BCUT2D eigenvalue weighted by Crippen LogP contribution is 2.50. The van der Waals surface area contributed by atoms with E-state index < -0.39 is 12.6 Å². The summed E-state index contributed by atoms with van der Waals surface area (Å²) in [6.07, 6.45) is -3.06. The van der Waals surface area contributed by atoms with Gasteiger partial charge < -0.3 is 20.1 Å². The Hall–Kier alpha value is -2.12. The number of guanidine groups is 1. The topological polar surface area (TPSA) is 54.9 Å². The molecule has 2 N–H and O–H groups in total. The lowest BCUT2D eigenvalue weighted by molar-refractivity contribution is -0.132. The summed E-state index contributed by atoms with van der Waals surface area (Å²) in [6, 6.07) is 5.89. The van der Waals surface area contributed by atoms with Crippen LogP contribution in [0.2, 0.25) is 0 Å². The van der Waals surface area contributed by atoms with E-state index in [1.165, 1.54) is 0 Å². The van der Waals surface area contributed by atoms with Gasteiger partial charge in [0.05, 0.1) is 13.0 Å². The quantitative estimate of drug-likeness (QED) is 0.607. The molecule has 1 aliphatic heterocycles. The largest absolute Gasteiger partial charge is 0.454 e. The molecule has 0 unspecified atom stereocenters. The van der Waals surface area contributed by atoms with Crippen molar-refractivity contribution in [2.75, 3.05) is 26.4 Å². The van der Waals surface area contributed by atoms with Crippen molar-refractivity contribution in [1.29, 1.82) is 0 Å². The molecular weight excluding hydrogens is 335 g/mol. The third-order valence-corrected chi connectivity index (χ3v) is 4.42. The van der Waals surface area contributed by atoms with Crippen LogP contribution in [0.3, 0.4) is 0 Å². The number of hydrogen-bond acceptors (Lipinski definition) is 3. The Balaban J connectivity index is 1.63. The Morgan fingerprint density at radius 2 is 1.96 bits per heavy atom. The highest BCUT2D eigenvalue weighted by molar-refractivity contribution is 5.79. The second-order valence-corrected chi connectivity index (χ2v) is 6.34. The summed E-state index contributed by atoms with van der Waals surface area (Å²) in [5.74, 6) is 1.90. The molecule has 1 saturated carbocycles. The van der Waals surface area contributed by atoms with Crippen LogP contribution >= 0.6 is 0 Å². The fourth-order valence-corrected chi connectivity index (χ4v) is 2.81. The van der Waals surface area contributed by atoms with Crippen LogP contribution in [0.5, 0.6) is 11.5 Å². The molecule has 8 heteroatoms. The van der Waals surface area contributed by atoms with Crippen LogP contribution < -0.4 is 20.1 Å². The monoisotopic (exact) mass is 357 g/mol. The summed E-state index contributed by atoms with van der Waals surface area (Å²) >= 11 is 0. The van der Waals surface area contributed by atoms with Crippen molar-refractivity contribution in [2.45, 2.75) is 37.8 Å². The van der Waals surface area contributed by atoms with Gasteiger partial charge in [-0.3, -0.25) is 4.99 Å². The fourth-order valence-electron chi connectivity index (χ4n) is 2.81. The van der Waals surface area contributed by atoms with Crippen molar-refractivity contribution in [3.05, 3.63) is 23.8 Å². The molecule has 0 radical (unpaired) electrons. The van der Waals surface area contributed by atoms with E-state index in [2.05, 4.69) is 15.6 Å². The number of halogens is 3. The molecule has 0 atom stereocenters. The third-order valence-electron chi connectivity index (χ3n) is 4.42. The van der Waals surface area contributed by atoms with E-state index in [1.807, 2.05) is 25.1 Å². The zero-order valence-electron chi connectivity index (χ0n) is 14.1. The highest BCUT2D eigenvalue weighted by atomic mass is 19.4. The van der Waals surface area contributed by atoms with Crippen molar-refractivity contribution in [2.24, 2.45) is 4.99 Å². The number of nitrogens with one attached hydrogen (secondary N) is 2. The minimum atomic E-state index is -4.17. The van der Waals surface area contributed by atoms with E-state index in [9.17, 15) is 13.2 Å². The first-order valence-corrected chi connectivity index (χ1v) is 8.41. The van der Waals surface area contributed by atoms with Gasteiger partial charge in [-0.15, -0.1) is 0 Å². The van der Waals surface area contributed by atoms with Crippen LogP contribution in [0.4, 0.5) is 13.2 Å². The SMILES string of the molecule is CCNC(=NCC1(c2ccc3c(c2)OCO3)CC1)NCCC(F)(F)F. The molecule has 0 bridgehead atoms. The summed E-state index contributed by atoms with van der Waals surface area (Å²) in [7, 11) is 0. The molecule has 0 aromatic heterocycles. The molecule has 1 aliphatic carbocycles. The van der Waals surface area contributed by atoms with Crippen LogP contribution in [-0.2, 0) is 5.41 Å². The van der Waals surface area contributed by atoms with Crippen LogP contribution in [-0.4, -0.2) is 38.6 Å². The number of rotatable bonds is 6.